The Labute approximate surface area is 165 Å². The van der Waals surface area contributed by atoms with Gasteiger partial charge in [-0.3, -0.25) is 24.6 Å². The summed E-state index contributed by atoms with van der Waals surface area (Å²) in [5.74, 6) is -1.79. The molecule has 0 aromatic heterocycles. The number of aliphatic hydroxyl groups is 1. The van der Waals surface area contributed by atoms with Gasteiger partial charge >= 0.3 is 0 Å². The van der Waals surface area contributed by atoms with Gasteiger partial charge in [0.05, 0.1) is 23.6 Å². The number of nitrogens with zero attached hydrogens (tertiary/aromatic N) is 3. The topological polar surface area (TPSA) is 104 Å². The predicted molar refractivity (Wildman–Crippen MR) is 102 cm³/mol. The summed E-state index contributed by atoms with van der Waals surface area (Å²) in [6.45, 7) is -0.405. The Morgan fingerprint density at radius 1 is 1.10 bits per heavy atom. The third-order valence-corrected chi connectivity index (χ3v) is 4.61. The molecular weight excluding hydrogens is 381 g/mol. The molecule has 0 spiro atoms. The van der Waals surface area contributed by atoms with Gasteiger partial charge in [0, 0.05) is 31.3 Å². The largest absolute Gasteiger partial charge is 0.395 e. The molecule has 1 N–H and O–H groups in total. The molecule has 2 aromatic carbocycles. The monoisotopic (exact) mass is 399 g/mol. The molecule has 2 amide bonds. The minimum Gasteiger partial charge on any atom is -0.395 e. The van der Waals surface area contributed by atoms with Crippen molar-refractivity contribution in [3.8, 4) is 0 Å². The maximum Gasteiger partial charge on any atom is 0.278 e. The third kappa shape index (κ3) is 3.85. The van der Waals surface area contributed by atoms with E-state index >= 15 is 0 Å². The molecule has 0 atom stereocenters. The number of aliphatic hydroxyl groups excluding tert-OH is 1. The maximum atomic E-state index is 14.0. The lowest BCUT2D eigenvalue weighted by atomic mass is 10.0. The van der Waals surface area contributed by atoms with Crippen LogP contribution >= 0.6 is 0 Å². The van der Waals surface area contributed by atoms with Crippen molar-refractivity contribution < 1.29 is 24.0 Å². The Balaban J connectivity index is 2.03. The molecule has 0 bridgehead atoms. The number of hydrogen-bond donors (Lipinski definition) is 1. The van der Waals surface area contributed by atoms with Crippen molar-refractivity contribution in [3.63, 3.8) is 0 Å². The fraction of sp³-hybridized carbons (Fsp3) is 0.200. The molecule has 3 rings (SSSR count). The Morgan fingerprint density at radius 3 is 2.34 bits per heavy atom. The molecule has 0 radical (unpaired) electrons. The zero-order chi connectivity index (χ0) is 21.1. The molecule has 0 fully saturated rings. The van der Waals surface area contributed by atoms with Crippen LogP contribution in [0.3, 0.4) is 0 Å². The summed E-state index contributed by atoms with van der Waals surface area (Å²) in [6, 6.07) is 11.1. The van der Waals surface area contributed by atoms with Gasteiger partial charge in [-0.15, -0.1) is 0 Å². The molecule has 1 aliphatic heterocycles. The van der Waals surface area contributed by atoms with Crippen molar-refractivity contribution in [3.05, 3.63) is 81.3 Å². The summed E-state index contributed by atoms with van der Waals surface area (Å²) in [6.07, 6.45) is 0. The highest BCUT2D eigenvalue weighted by Gasteiger charge is 2.41. The molecule has 9 heteroatoms. The van der Waals surface area contributed by atoms with E-state index in [1.807, 2.05) is 0 Å². The first-order valence-electron chi connectivity index (χ1n) is 8.75. The SMILES string of the molecule is CN(CCO)C1=C(c2ccc([N+](=O)[O-])cc2)C(=O)N(Cc2ccccc2F)C1=O. The number of halogens is 1. The smallest absolute Gasteiger partial charge is 0.278 e. The fourth-order valence-electron chi connectivity index (χ4n) is 3.13. The number of nitro benzene ring substituents is 1. The van der Waals surface area contributed by atoms with Crippen molar-refractivity contribution in [2.75, 3.05) is 20.2 Å². The lowest BCUT2D eigenvalue weighted by Crippen LogP contribution is -2.34. The average molecular weight is 399 g/mol. The van der Waals surface area contributed by atoms with Crippen LogP contribution in [0, 0.1) is 15.9 Å². The molecule has 0 saturated heterocycles. The number of benzene rings is 2. The van der Waals surface area contributed by atoms with Gasteiger partial charge in [0.2, 0.25) is 0 Å². The summed E-state index contributed by atoms with van der Waals surface area (Å²) < 4.78 is 14.0. The Bertz CT molecular complexity index is 1000. The molecule has 2 aromatic rings. The summed E-state index contributed by atoms with van der Waals surface area (Å²) in [5.41, 5.74) is 0.458. The normalized spacial score (nSPS) is 14.0. The molecule has 1 aliphatic rings. The highest BCUT2D eigenvalue weighted by Crippen LogP contribution is 2.33. The molecule has 150 valence electrons. The van der Waals surface area contributed by atoms with Crippen LogP contribution in [0.15, 0.2) is 54.2 Å². The van der Waals surface area contributed by atoms with E-state index < -0.39 is 22.6 Å². The van der Waals surface area contributed by atoms with Crippen LogP contribution in [0.5, 0.6) is 0 Å². The Hall–Kier alpha value is -3.59. The van der Waals surface area contributed by atoms with Gasteiger partial charge in [-0.05, 0) is 23.8 Å². The van der Waals surface area contributed by atoms with Crippen LogP contribution in [0.25, 0.3) is 5.57 Å². The number of nitro groups is 1. The number of imide groups is 1. The number of hydrogen-bond acceptors (Lipinski definition) is 6. The number of rotatable bonds is 7. The third-order valence-electron chi connectivity index (χ3n) is 4.61. The molecular formula is C20H18FN3O5. The summed E-state index contributed by atoms with van der Waals surface area (Å²) in [5, 5.41) is 20.1. The van der Waals surface area contributed by atoms with E-state index in [-0.39, 0.29) is 42.2 Å². The molecule has 0 aliphatic carbocycles. The second-order valence-electron chi connectivity index (χ2n) is 6.46. The molecule has 0 saturated carbocycles. The van der Waals surface area contributed by atoms with E-state index in [0.29, 0.717) is 5.56 Å². The summed E-state index contributed by atoms with van der Waals surface area (Å²) >= 11 is 0. The first kappa shape index (κ1) is 20.2. The number of non-ortho nitro benzene ring substituents is 1. The predicted octanol–water partition coefficient (Wildman–Crippen LogP) is 1.94. The zero-order valence-corrected chi connectivity index (χ0v) is 15.5. The number of amides is 2. The van der Waals surface area contributed by atoms with Gasteiger partial charge in [-0.1, -0.05) is 18.2 Å². The van der Waals surface area contributed by atoms with Crippen molar-refractivity contribution in [2.24, 2.45) is 0 Å². The van der Waals surface area contributed by atoms with Gasteiger partial charge in [-0.25, -0.2) is 4.39 Å². The Kier molecular flexibility index (Phi) is 5.69. The zero-order valence-electron chi connectivity index (χ0n) is 15.5. The lowest BCUT2D eigenvalue weighted by molar-refractivity contribution is -0.384. The lowest BCUT2D eigenvalue weighted by Gasteiger charge is -2.20. The van der Waals surface area contributed by atoms with Gasteiger partial charge < -0.3 is 10.0 Å². The number of carbonyl (C=O) groups excluding carboxylic acids is 2. The Morgan fingerprint density at radius 2 is 1.76 bits per heavy atom. The van der Waals surface area contributed by atoms with Crippen LogP contribution in [0.2, 0.25) is 0 Å². The maximum absolute atomic E-state index is 14.0. The van der Waals surface area contributed by atoms with E-state index in [1.165, 1.54) is 47.4 Å². The fourth-order valence-corrected chi connectivity index (χ4v) is 3.13. The molecule has 8 nitrogen and oxygen atoms in total. The van der Waals surface area contributed by atoms with E-state index in [2.05, 4.69) is 0 Å². The van der Waals surface area contributed by atoms with Crippen LogP contribution in [-0.4, -0.2) is 51.8 Å². The number of carbonyl (C=O) groups is 2. The summed E-state index contributed by atoms with van der Waals surface area (Å²) in [4.78, 5) is 38.8. The van der Waals surface area contributed by atoms with Crippen LogP contribution in [-0.2, 0) is 16.1 Å². The van der Waals surface area contributed by atoms with E-state index in [1.54, 1.807) is 13.1 Å². The van der Waals surface area contributed by atoms with Crippen molar-refractivity contribution in [2.45, 2.75) is 6.54 Å². The van der Waals surface area contributed by atoms with Gasteiger partial charge in [0.25, 0.3) is 17.5 Å². The standard InChI is InChI=1S/C20H18FN3O5/c1-22(10-11-25)18-17(13-6-8-15(9-7-13)24(28)29)19(26)23(20(18)27)12-14-4-2-3-5-16(14)21/h2-9,25H,10-12H2,1H3. The second-order valence-corrected chi connectivity index (χ2v) is 6.46. The average Bonchev–Trinajstić information content (AvgIpc) is 2.94. The first-order chi connectivity index (χ1) is 13.8. The van der Waals surface area contributed by atoms with E-state index in [9.17, 15) is 29.2 Å². The van der Waals surface area contributed by atoms with Crippen LogP contribution < -0.4 is 0 Å². The van der Waals surface area contributed by atoms with Crippen LogP contribution in [0.4, 0.5) is 10.1 Å². The quantitative estimate of drug-likeness (QED) is 0.434. The molecule has 1 heterocycles. The van der Waals surface area contributed by atoms with Crippen LogP contribution in [0.1, 0.15) is 11.1 Å². The van der Waals surface area contributed by atoms with Gasteiger partial charge in [-0.2, -0.15) is 0 Å². The van der Waals surface area contributed by atoms with Gasteiger partial charge in [0.15, 0.2) is 0 Å². The minimum absolute atomic E-state index is 0.0502. The van der Waals surface area contributed by atoms with Crippen molar-refractivity contribution >= 4 is 23.1 Å². The second kappa shape index (κ2) is 8.19. The highest BCUT2D eigenvalue weighted by molar-refractivity contribution is 6.35. The van der Waals surface area contributed by atoms with Crippen molar-refractivity contribution in [1.82, 2.24) is 9.80 Å². The first-order valence-corrected chi connectivity index (χ1v) is 8.75. The van der Waals surface area contributed by atoms with Crippen molar-refractivity contribution in [1.29, 1.82) is 0 Å². The summed E-state index contributed by atoms with van der Waals surface area (Å²) in [7, 11) is 1.55. The van der Waals surface area contributed by atoms with Gasteiger partial charge in [0.1, 0.15) is 11.5 Å². The number of likely N-dealkylation sites (N-methyl/N-ethyl adjacent to an activating group) is 1. The highest BCUT2D eigenvalue weighted by atomic mass is 19.1. The minimum atomic E-state index is -0.633. The molecule has 29 heavy (non-hydrogen) atoms. The van der Waals surface area contributed by atoms with E-state index in [4.69, 9.17) is 0 Å². The molecule has 0 unspecified atom stereocenters. The van der Waals surface area contributed by atoms with E-state index in [0.717, 1.165) is 4.90 Å².